The van der Waals surface area contributed by atoms with Gasteiger partial charge in [-0.3, -0.25) is 19.2 Å². The van der Waals surface area contributed by atoms with Crippen LogP contribution >= 0.6 is 0 Å². The minimum Gasteiger partial charge on any atom is -0.379 e. The van der Waals surface area contributed by atoms with E-state index >= 15 is 0 Å². The van der Waals surface area contributed by atoms with Crippen molar-refractivity contribution >= 4 is 11.2 Å². The van der Waals surface area contributed by atoms with Crippen LogP contribution in [-0.4, -0.2) is 56.9 Å². The Morgan fingerprint density at radius 2 is 1.91 bits per heavy atom. The molecule has 0 saturated carbocycles. The van der Waals surface area contributed by atoms with E-state index in [9.17, 15) is 9.59 Å². The van der Waals surface area contributed by atoms with E-state index in [1.807, 2.05) is 7.05 Å². The van der Waals surface area contributed by atoms with Gasteiger partial charge >= 0.3 is 5.69 Å². The molecule has 0 aliphatic carbocycles. The van der Waals surface area contributed by atoms with Gasteiger partial charge in [0, 0.05) is 33.6 Å². The molecule has 0 unspecified atom stereocenters. The second-order valence-electron chi connectivity index (χ2n) is 5.64. The maximum Gasteiger partial charge on any atom is 0.329 e. The van der Waals surface area contributed by atoms with Gasteiger partial charge in [-0.25, -0.2) is 9.78 Å². The van der Waals surface area contributed by atoms with Crippen molar-refractivity contribution in [3.05, 3.63) is 26.7 Å². The van der Waals surface area contributed by atoms with E-state index in [0.29, 0.717) is 11.2 Å². The lowest BCUT2D eigenvalue weighted by Crippen LogP contribution is -2.37. The summed E-state index contributed by atoms with van der Waals surface area (Å²) in [5.74, 6) is 0.829. The van der Waals surface area contributed by atoms with Crippen LogP contribution in [0.4, 0.5) is 0 Å². The number of aromatic nitrogens is 4. The first-order valence-corrected chi connectivity index (χ1v) is 7.52. The first kappa shape index (κ1) is 15.0. The number of morpholine rings is 1. The van der Waals surface area contributed by atoms with E-state index in [1.54, 1.807) is 11.6 Å². The number of rotatable bonds is 4. The van der Waals surface area contributed by atoms with Crippen molar-refractivity contribution in [2.75, 3.05) is 32.8 Å². The summed E-state index contributed by atoms with van der Waals surface area (Å²) in [5, 5.41) is 0. The molecular formula is C14H21N5O3. The highest BCUT2D eigenvalue weighted by Gasteiger charge is 2.15. The van der Waals surface area contributed by atoms with Crippen molar-refractivity contribution in [3.63, 3.8) is 0 Å². The van der Waals surface area contributed by atoms with Gasteiger partial charge in [0.2, 0.25) is 0 Å². The van der Waals surface area contributed by atoms with Gasteiger partial charge in [-0.2, -0.15) is 0 Å². The first-order chi connectivity index (χ1) is 10.6. The number of hydrogen-bond donors (Lipinski definition) is 1. The summed E-state index contributed by atoms with van der Waals surface area (Å²) in [7, 11) is 3.43. The highest BCUT2D eigenvalue weighted by molar-refractivity contribution is 5.70. The van der Waals surface area contributed by atoms with Gasteiger partial charge in [0.15, 0.2) is 11.2 Å². The molecule has 2 aromatic rings. The Kier molecular flexibility index (Phi) is 4.12. The summed E-state index contributed by atoms with van der Waals surface area (Å²) >= 11 is 0. The molecule has 1 aliphatic rings. The second-order valence-corrected chi connectivity index (χ2v) is 5.64. The summed E-state index contributed by atoms with van der Waals surface area (Å²) in [6.07, 6.45) is 1.74. The normalized spacial score (nSPS) is 16.5. The molecule has 0 radical (unpaired) electrons. The fourth-order valence-corrected chi connectivity index (χ4v) is 2.86. The van der Waals surface area contributed by atoms with E-state index in [-0.39, 0.29) is 5.56 Å². The summed E-state index contributed by atoms with van der Waals surface area (Å²) in [5.41, 5.74) is 0.0732. The second kappa shape index (κ2) is 6.05. The molecule has 22 heavy (non-hydrogen) atoms. The molecule has 1 fully saturated rings. The number of nitrogens with one attached hydrogen (secondary N) is 1. The topological polar surface area (TPSA) is 85.2 Å². The Morgan fingerprint density at radius 3 is 2.64 bits per heavy atom. The molecule has 3 heterocycles. The van der Waals surface area contributed by atoms with Crippen molar-refractivity contribution in [1.29, 1.82) is 0 Å². The van der Waals surface area contributed by atoms with Crippen LogP contribution in [0.1, 0.15) is 12.2 Å². The molecule has 1 aliphatic heterocycles. The monoisotopic (exact) mass is 307 g/mol. The highest BCUT2D eigenvalue weighted by Crippen LogP contribution is 2.10. The van der Waals surface area contributed by atoms with Gasteiger partial charge in [0.1, 0.15) is 5.82 Å². The number of nitrogens with zero attached hydrogens (tertiary/aromatic N) is 4. The van der Waals surface area contributed by atoms with E-state index in [0.717, 1.165) is 51.5 Å². The van der Waals surface area contributed by atoms with E-state index < -0.39 is 5.69 Å². The van der Waals surface area contributed by atoms with Gasteiger partial charge < -0.3 is 9.30 Å². The number of imidazole rings is 1. The Hall–Kier alpha value is -1.93. The zero-order chi connectivity index (χ0) is 15.7. The summed E-state index contributed by atoms with van der Waals surface area (Å²) in [4.78, 5) is 32.8. The van der Waals surface area contributed by atoms with Crippen LogP contribution in [0, 0.1) is 0 Å². The zero-order valence-corrected chi connectivity index (χ0v) is 13.0. The van der Waals surface area contributed by atoms with Gasteiger partial charge in [0.05, 0.1) is 13.2 Å². The van der Waals surface area contributed by atoms with Crippen LogP contribution in [0.5, 0.6) is 0 Å². The molecular weight excluding hydrogens is 286 g/mol. The highest BCUT2D eigenvalue weighted by atomic mass is 16.5. The van der Waals surface area contributed by atoms with Gasteiger partial charge in [0.25, 0.3) is 5.56 Å². The molecule has 0 aromatic carbocycles. The number of ether oxygens (including phenoxy) is 1. The molecule has 3 rings (SSSR count). The molecule has 1 N–H and O–H groups in total. The van der Waals surface area contributed by atoms with Crippen molar-refractivity contribution in [2.24, 2.45) is 14.1 Å². The molecule has 0 amide bonds. The van der Waals surface area contributed by atoms with Crippen LogP contribution < -0.4 is 11.2 Å². The fraction of sp³-hybridized carbons (Fsp3) is 0.643. The smallest absolute Gasteiger partial charge is 0.329 e. The van der Waals surface area contributed by atoms with Crippen LogP contribution in [-0.2, 0) is 25.3 Å². The number of aryl methyl sites for hydroxylation is 3. The quantitative estimate of drug-likeness (QED) is 0.801. The first-order valence-electron chi connectivity index (χ1n) is 7.52. The lowest BCUT2D eigenvalue weighted by molar-refractivity contribution is 0.0374. The SMILES string of the molecule is Cn1c(CCCN2CCOCC2)nc2c1c(=O)[nH]c(=O)n2C. The third kappa shape index (κ3) is 2.71. The largest absolute Gasteiger partial charge is 0.379 e. The maximum absolute atomic E-state index is 12.0. The third-order valence-electron chi connectivity index (χ3n) is 4.21. The molecule has 2 aromatic heterocycles. The van der Waals surface area contributed by atoms with Crippen LogP contribution in [0.2, 0.25) is 0 Å². The summed E-state index contributed by atoms with van der Waals surface area (Å²) in [6.45, 7) is 4.52. The van der Waals surface area contributed by atoms with Crippen molar-refractivity contribution < 1.29 is 4.74 Å². The van der Waals surface area contributed by atoms with Crippen LogP contribution in [0.15, 0.2) is 9.59 Å². The van der Waals surface area contributed by atoms with Crippen molar-refractivity contribution in [2.45, 2.75) is 12.8 Å². The summed E-state index contributed by atoms with van der Waals surface area (Å²) < 4.78 is 8.49. The predicted molar refractivity (Wildman–Crippen MR) is 82.2 cm³/mol. The Balaban J connectivity index is 1.78. The lowest BCUT2D eigenvalue weighted by Gasteiger charge is -2.26. The maximum atomic E-state index is 12.0. The number of aromatic amines is 1. The minimum atomic E-state index is -0.435. The van der Waals surface area contributed by atoms with E-state index in [1.165, 1.54) is 4.57 Å². The Morgan fingerprint density at radius 1 is 1.18 bits per heavy atom. The minimum absolute atomic E-state index is 0.382. The van der Waals surface area contributed by atoms with Crippen LogP contribution in [0.3, 0.4) is 0 Å². The van der Waals surface area contributed by atoms with Gasteiger partial charge in [-0.1, -0.05) is 0 Å². The molecule has 0 bridgehead atoms. The Bertz CT molecular complexity index is 782. The van der Waals surface area contributed by atoms with Crippen molar-refractivity contribution in [1.82, 2.24) is 24.0 Å². The zero-order valence-electron chi connectivity index (χ0n) is 13.0. The molecule has 8 nitrogen and oxygen atoms in total. The molecule has 1 saturated heterocycles. The molecule has 0 spiro atoms. The third-order valence-corrected chi connectivity index (χ3v) is 4.21. The number of fused-ring (bicyclic) bond motifs is 1. The summed E-state index contributed by atoms with van der Waals surface area (Å²) in [6, 6.07) is 0. The molecule has 0 atom stereocenters. The average molecular weight is 307 g/mol. The molecule has 8 heteroatoms. The standard InChI is InChI=1S/C14H21N5O3/c1-17-10(4-3-5-19-6-8-22-9-7-19)15-12-11(17)13(20)16-14(21)18(12)2/h3-9H2,1-2H3,(H,16,20,21). The lowest BCUT2D eigenvalue weighted by atomic mass is 10.2. The van der Waals surface area contributed by atoms with Gasteiger partial charge in [-0.15, -0.1) is 0 Å². The van der Waals surface area contributed by atoms with E-state index in [2.05, 4.69) is 14.9 Å². The number of hydrogen-bond acceptors (Lipinski definition) is 5. The Labute approximate surface area is 127 Å². The van der Waals surface area contributed by atoms with Crippen LogP contribution in [0.25, 0.3) is 11.2 Å². The number of H-pyrrole nitrogens is 1. The molecule has 120 valence electrons. The van der Waals surface area contributed by atoms with Crippen molar-refractivity contribution in [3.8, 4) is 0 Å². The van der Waals surface area contributed by atoms with Gasteiger partial charge in [-0.05, 0) is 13.0 Å². The van der Waals surface area contributed by atoms with E-state index in [4.69, 9.17) is 4.74 Å². The fourth-order valence-electron chi connectivity index (χ4n) is 2.86. The predicted octanol–water partition coefficient (Wildman–Crippen LogP) is -0.775. The average Bonchev–Trinajstić information content (AvgIpc) is 2.84.